The Labute approximate surface area is 165 Å². The van der Waals surface area contributed by atoms with E-state index in [2.05, 4.69) is 48.9 Å². The average molecular weight is 388 g/mol. The Morgan fingerprint density at radius 2 is 2.04 bits per heavy atom. The molecular weight excluding hydrogens is 362 g/mol. The number of nitrogens with zero attached hydrogens (tertiary/aromatic N) is 3. The molecule has 3 nitrogen and oxygen atoms in total. The largest absolute Gasteiger partial charge is 0.299 e. The highest BCUT2D eigenvalue weighted by Crippen LogP contribution is 2.49. The summed E-state index contributed by atoms with van der Waals surface area (Å²) in [6, 6.07) is 8.63. The number of likely N-dealkylation sites (tertiary alicyclic amines) is 1. The van der Waals surface area contributed by atoms with Crippen LogP contribution in [0.4, 0.5) is 0 Å². The van der Waals surface area contributed by atoms with Crippen LogP contribution < -0.4 is 0 Å². The molecule has 0 aliphatic carbocycles. The van der Waals surface area contributed by atoms with Gasteiger partial charge in [0.15, 0.2) is 0 Å². The van der Waals surface area contributed by atoms with Gasteiger partial charge in [-0.1, -0.05) is 38.4 Å². The Morgan fingerprint density at radius 3 is 2.54 bits per heavy atom. The minimum atomic E-state index is 0.137. The zero-order valence-corrected chi connectivity index (χ0v) is 17.3. The fraction of sp³-hybridized carbons (Fsp3) is 0.524. The topological polar surface area (TPSA) is 39.9 Å². The molecule has 3 heterocycles. The number of rotatable bonds is 4. The molecule has 0 aromatic carbocycles. The molecule has 1 aliphatic heterocycles. The molecule has 0 atom stereocenters. The molecule has 5 heteroatoms. The summed E-state index contributed by atoms with van der Waals surface area (Å²) in [4.78, 5) is 7.09. The highest BCUT2D eigenvalue weighted by Gasteiger charge is 2.43. The highest BCUT2D eigenvalue weighted by atomic mass is 35.5. The molecule has 0 saturated carbocycles. The molecule has 0 bridgehead atoms. The molecule has 0 radical (unpaired) electrons. The predicted molar refractivity (Wildman–Crippen MR) is 109 cm³/mol. The van der Waals surface area contributed by atoms with Gasteiger partial charge in [0.2, 0.25) is 0 Å². The van der Waals surface area contributed by atoms with Crippen molar-refractivity contribution in [3.8, 4) is 17.3 Å². The first-order valence-corrected chi connectivity index (χ1v) is 10.4. The Balaban J connectivity index is 1.62. The summed E-state index contributed by atoms with van der Waals surface area (Å²) in [6.45, 7) is 9.84. The van der Waals surface area contributed by atoms with Crippen LogP contribution in [0.3, 0.4) is 0 Å². The van der Waals surface area contributed by atoms with E-state index in [0.717, 1.165) is 48.1 Å². The van der Waals surface area contributed by atoms with Crippen LogP contribution in [0.2, 0.25) is 4.34 Å². The summed E-state index contributed by atoms with van der Waals surface area (Å²) in [5.41, 5.74) is 3.59. The first-order chi connectivity index (χ1) is 12.3. The van der Waals surface area contributed by atoms with Crippen molar-refractivity contribution in [2.24, 2.45) is 10.8 Å². The zero-order chi connectivity index (χ0) is 18.8. The van der Waals surface area contributed by atoms with Gasteiger partial charge in [-0.15, -0.1) is 11.3 Å². The van der Waals surface area contributed by atoms with Crippen molar-refractivity contribution < 1.29 is 0 Å². The van der Waals surface area contributed by atoms with Crippen molar-refractivity contribution in [3.63, 3.8) is 0 Å². The molecule has 2 aromatic heterocycles. The Bertz CT molecular complexity index is 775. The van der Waals surface area contributed by atoms with Gasteiger partial charge < -0.3 is 0 Å². The van der Waals surface area contributed by atoms with Crippen molar-refractivity contribution in [1.82, 2.24) is 9.88 Å². The highest BCUT2D eigenvalue weighted by molar-refractivity contribution is 7.14. The van der Waals surface area contributed by atoms with E-state index in [-0.39, 0.29) is 10.8 Å². The average Bonchev–Trinajstić information content (AvgIpc) is 3.03. The molecular formula is C21H26ClN3S. The minimum Gasteiger partial charge on any atom is -0.299 e. The smallest absolute Gasteiger partial charge is 0.0935 e. The second-order valence-electron chi connectivity index (χ2n) is 8.33. The predicted octanol–water partition coefficient (Wildman–Crippen LogP) is 6.01. The Kier molecular flexibility index (Phi) is 5.72. The Hall–Kier alpha value is -1.41. The maximum Gasteiger partial charge on any atom is 0.0935 e. The third kappa shape index (κ3) is 4.11. The van der Waals surface area contributed by atoms with Gasteiger partial charge in [0.25, 0.3) is 0 Å². The monoisotopic (exact) mass is 387 g/mol. The van der Waals surface area contributed by atoms with E-state index >= 15 is 0 Å². The van der Waals surface area contributed by atoms with Crippen molar-refractivity contribution in [3.05, 3.63) is 39.7 Å². The lowest BCUT2D eigenvalue weighted by atomic mass is 9.60. The van der Waals surface area contributed by atoms with E-state index in [4.69, 9.17) is 11.6 Å². The number of halogens is 1. The summed E-state index contributed by atoms with van der Waals surface area (Å²) in [5, 5.41) is 11.3. The molecule has 1 fully saturated rings. The van der Waals surface area contributed by atoms with Crippen LogP contribution in [0.15, 0.2) is 29.8 Å². The molecule has 1 saturated heterocycles. The van der Waals surface area contributed by atoms with Crippen LogP contribution in [-0.2, 0) is 6.54 Å². The number of hydrogen-bond donors (Lipinski definition) is 0. The van der Waals surface area contributed by atoms with Crippen LogP contribution in [0.25, 0.3) is 11.3 Å². The lowest BCUT2D eigenvalue weighted by Crippen LogP contribution is -2.46. The fourth-order valence-electron chi connectivity index (χ4n) is 3.87. The minimum absolute atomic E-state index is 0.137. The van der Waals surface area contributed by atoms with Crippen molar-refractivity contribution in [2.75, 3.05) is 13.1 Å². The van der Waals surface area contributed by atoms with E-state index in [0.29, 0.717) is 6.42 Å². The van der Waals surface area contributed by atoms with E-state index in [9.17, 15) is 5.26 Å². The molecule has 2 aromatic rings. The summed E-state index contributed by atoms with van der Waals surface area (Å²) in [6.07, 6.45) is 4.80. The van der Waals surface area contributed by atoms with Crippen LogP contribution in [0.1, 0.15) is 45.6 Å². The maximum atomic E-state index is 9.29. The third-order valence-electron chi connectivity index (χ3n) is 5.92. The number of pyridine rings is 1. The van der Waals surface area contributed by atoms with Crippen LogP contribution in [0.5, 0.6) is 0 Å². The van der Waals surface area contributed by atoms with Crippen LogP contribution in [-0.4, -0.2) is 23.0 Å². The normalized spacial score (nSPS) is 17.8. The van der Waals surface area contributed by atoms with Crippen LogP contribution in [0, 0.1) is 22.2 Å². The molecule has 0 amide bonds. The van der Waals surface area contributed by atoms with E-state index in [1.165, 1.54) is 16.9 Å². The lowest BCUT2D eigenvalue weighted by molar-refractivity contribution is 0.00709. The molecule has 0 unspecified atom stereocenters. The maximum absolute atomic E-state index is 9.29. The van der Waals surface area contributed by atoms with Gasteiger partial charge >= 0.3 is 0 Å². The molecule has 1 aliphatic rings. The number of nitriles is 1. The van der Waals surface area contributed by atoms with Gasteiger partial charge in [0, 0.05) is 30.1 Å². The summed E-state index contributed by atoms with van der Waals surface area (Å²) < 4.78 is 0.791. The van der Waals surface area contributed by atoms with E-state index in [1.54, 1.807) is 0 Å². The first-order valence-electron chi connectivity index (χ1n) is 9.12. The third-order valence-corrected chi connectivity index (χ3v) is 7.01. The standard InChI is InChI=1S/C21H26ClN3S/c1-20(2,3)21(6-9-23)7-10-25(11-8-21)14-16-4-5-18(24-13-16)17-12-19(22)26-15-17/h4-5,12-13,15H,6-8,10-11,14H2,1-3H3. The van der Waals surface area contributed by atoms with Gasteiger partial charge in [-0.2, -0.15) is 5.26 Å². The van der Waals surface area contributed by atoms with E-state index < -0.39 is 0 Å². The van der Waals surface area contributed by atoms with Gasteiger partial charge in [0.1, 0.15) is 0 Å². The number of piperidine rings is 1. The fourth-order valence-corrected chi connectivity index (χ4v) is 4.75. The van der Waals surface area contributed by atoms with Gasteiger partial charge in [0.05, 0.1) is 16.1 Å². The molecule has 0 spiro atoms. The number of aromatic nitrogens is 1. The molecule has 26 heavy (non-hydrogen) atoms. The molecule has 3 rings (SSSR count). The zero-order valence-electron chi connectivity index (χ0n) is 15.8. The lowest BCUT2D eigenvalue weighted by Gasteiger charge is -2.49. The van der Waals surface area contributed by atoms with Crippen molar-refractivity contribution in [1.29, 1.82) is 5.26 Å². The first kappa shape index (κ1) is 19.4. The second-order valence-corrected chi connectivity index (χ2v) is 9.88. The second kappa shape index (κ2) is 7.68. The van der Waals surface area contributed by atoms with Gasteiger partial charge in [-0.05, 0) is 54.5 Å². The quantitative estimate of drug-likeness (QED) is 0.645. The van der Waals surface area contributed by atoms with Gasteiger partial charge in [-0.3, -0.25) is 9.88 Å². The summed E-state index contributed by atoms with van der Waals surface area (Å²) in [7, 11) is 0. The SMILES string of the molecule is CC(C)(C)C1(CC#N)CCN(Cc2ccc(-c3csc(Cl)c3)nc2)CC1. The number of thiophene rings is 1. The van der Waals surface area contributed by atoms with Crippen LogP contribution >= 0.6 is 22.9 Å². The Morgan fingerprint density at radius 1 is 1.31 bits per heavy atom. The van der Waals surface area contributed by atoms with Crippen molar-refractivity contribution in [2.45, 2.75) is 46.6 Å². The summed E-state index contributed by atoms with van der Waals surface area (Å²) >= 11 is 7.54. The van der Waals surface area contributed by atoms with Crippen molar-refractivity contribution >= 4 is 22.9 Å². The molecule has 0 N–H and O–H groups in total. The van der Waals surface area contributed by atoms with E-state index in [1.807, 2.05) is 17.6 Å². The summed E-state index contributed by atoms with van der Waals surface area (Å²) in [5.74, 6) is 0. The molecule has 138 valence electrons. The van der Waals surface area contributed by atoms with Gasteiger partial charge in [-0.25, -0.2) is 0 Å². The number of hydrogen-bond acceptors (Lipinski definition) is 4.